The first-order valence-electron chi connectivity index (χ1n) is 6.94. The fourth-order valence-electron chi connectivity index (χ4n) is 2.54. The van der Waals surface area contributed by atoms with Gasteiger partial charge in [-0.25, -0.2) is 0 Å². The Hall–Kier alpha value is -1.50. The highest BCUT2D eigenvalue weighted by atomic mass is 32.1. The van der Waals surface area contributed by atoms with Crippen LogP contribution in [-0.2, 0) is 11.2 Å². The summed E-state index contributed by atoms with van der Waals surface area (Å²) in [5.74, 6) is -0.645. The van der Waals surface area contributed by atoms with Crippen molar-refractivity contribution in [1.82, 2.24) is 14.9 Å². The summed E-state index contributed by atoms with van der Waals surface area (Å²) in [4.78, 5) is 23.5. The van der Waals surface area contributed by atoms with Gasteiger partial charge in [0.25, 0.3) is 5.91 Å². The molecule has 7 heteroatoms. The van der Waals surface area contributed by atoms with Gasteiger partial charge in [0.1, 0.15) is 4.88 Å². The average Bonchev–Trinajstić information content (AvgIpc) is 2.93. The number of hydrogen-bond donors (Lipinski definition) is 2. The maximum absolute atomic E-state index is 12.0. The summed E-state index contributed by atoms with van der Waals surface area (Å²) in [6.45, 7) is 2.55. The van der Waals surface area contributed by atoms with Gasteiger partial charge in [0.05, 0.1) is 11.6 Å². The van der Waals surface area contributed by atoms with Crippen molar-refractivity contribution in [3.05, 3.63) is 10.6 Å². The minimum absolute atomic E-state index is 0.114. The molecule has 0 spiro atoms. The van der Waals surface area contributed by atoms with Crippen LogP contribution in [-0.4, -0.2) is 33.1 Å². The zero-order chi connectivity index (χ0) is 14.5. The maximum atomic E-state index is 12.0. The lowest BCUT2D eigenvalue weighted by Gasteiger charge is -2.26. The van der Waals surface area contributed by atoms with E-state index in [0.29, 0.717) is 36.6 Å². The summed E-state index contributed by atoms with van der Waals surface area (Å²) in [7, 11) is 0. The highest BCUT2D eigenvalue weighted by Gasteiger charge is 2.26. The average molecular weight is 297 g/mol. The molecule has 20 heavy (non-hydrogen) atoms. The van der Waals surface area contributed by atoms with Crippen LogP contribution in [0.5, 0.6) is 0 Å². The van der Waals surface area contributed by atoms with Gasteiger partial charge < -0.3 is 10.4 Å². The third-order valence-electron chi connectivity index (χ3n) is 3.84. The maximum Gasteiger partial charge on any atom is 0.306 e. The van der Waals surface area contributed by atoms with Crippen LogP contribution in [0.2, 0.25) is 0 Å². The van der Waals surface area contributed by atoms with E-state index in [1.165, 1.54) is 0 Å². The molecule has 1 aliphatic rings. The van der Waals surface area contributed by atoms with Gasteiger partial charge in [-0.3, -0.25) is 9.59 Å². The van der Waals surface area contributed by atoms with E-state index in [4.69, 9.17) is 5.11 Å². The number of hydrogen-bond acceptors (Lipinski definition) is 5. The number of nitrogens with zero attached hydrogens (tertiary/aromatic N) is 2. The zero-order valence-electron chi connectivity index (χ0n) is 11.5. The molecule has 0 atom stereocenters. The first-order chi connectivity index (χ1) is 9.61. The molecule has 0 saturated heterocycles. The Bertz CT molecular complexity index is 481. The van der Waals surface area contributed by atoms with Gasteiger partial charge in [-0.15, -0.1) is 5.10 Å². The molecule has 0 bridgehead atoms. The Kier molecular flexibility index (Phi) is 5.05. The van der Waals surface area contributed by atoms with E-state index in [9.17, 15) is 9.59 Å². The van der Waals surface area contributed by atoms with Crippen molar-refractivity contribution in [2.45, 2.75) is 39.0 Å². The highest BCUT2D eigenvalue weighted by Crippen LogP contribution is 2.28. The summed E-state index contributed by atoms with van der Waals surface area (Å²) in [5, 5.41) is 15.8. The topological polar surface area (TPSA) is 92.2 Å². The van der Waals surface area contributed by atoms with Crippen molar-refractivity contribution in [1.29, 1.82) is 0 Å². The fourth-order valence-corrected chi connectivity index (χ4v) is 3.21. The summed E-state index contributed by atoms with van der Waals surface area (Å²) in [5.41, 5.74) is 0.738. The predicted molar refractivity (Wildman–Crippen MR) is 74.7 cm³/mol. The third-order valence-corrected chi connectivity index (χ3v) is 4.61. The van der Waals surface area contributed by atoms with Gasteiger partial charge in [-0.1, -0.05) is 11.4 Å². The Labute approximate surface area is 121 Å². The molecule has 0 aliphatic heterocycles. The SMILES string of the molecule is CCc1nnsc1C(=O)NCC1CCC(C(=O)O)CC1. The number of amides is 1. The third kappa shape index (κ3) is 3.53. The van der Waals surface area contributed by atoms with E-state index in [1.54, 1.807) is 0 Å². The van der Waals surface area contributed by atoms with Gasteiger partial charge in [-0.2, -0.15) is 0 Å². The van der Waals surface area contributed by atoms with Gasteiger partial charge in [0.15, 0.2) is 0 Å². The number of rotatable bonds is 5. The molecule has 1 heterocycles. The molecule has 1 aromatic rings. The fraction of sp³-hybridized carbons (Fsp3) is 0.692. The van der Waals surface area contributed by atoms with Crippen LogP contribution >= 0.6 is 11.5 Å². The van der Waals surface area contributed by atoms with Crippen LogP contribution < -0.4 is 5.32 Å². The lowest BCUT2D eigenvalue weighted by molar-refractivity contribution is -0.143. The molecular weight excluding hydrogens is 278 g/mol. The second-order valence-corrected chi connectivity index (χ2v) is 5.92. The number of carboxylic acids is 1. The van der Waals surface area contributed by atoms with Crippen molar-refractivity contribution >= 4 is 23.4 Å². The monoisotopic (exact) mass is 297 g/mol. The second-order valence-electron chi connectivity index (χ2n) is 5.17. The lowest BCUT2D eigenvalue weighted by atomic mass is 9.82. The molecule has 1 amide bonds. The zero-order valence-corrected chi connectivity index (χ0v) is 12.3. The smallest absolute Gasteiger partial charge is 0.306 e. The van der Waals surface area contributed by atoms with Gasteiger partial charge in [0, 0.05) is 6.54 Å². The summed E-state index contributed by atoms with van der Waals surface area (Å²) >= 11 is 1.12. The Balaban J connectivity index is 1.79. The van der Waals surface area contributed by atoms with E-state index in [-0.39, 0.29) is 11.8 Å². The molecule has 1 fully saturated rings. The quantitative estimate of drug-likeness (QED) is 0.863. The minimum atomic E-state index is -0.698. The van der Waals surface area contributed by atoms with Gasteiger partial charge in [0.2, 0.25) is 0 Å². The summed E-state index contributed by atoms with van der Waals surface area (Å²) < 4.78 is 3.80. The van der Waals surface area contributed by atoms with E-state index >= 15 is 0 Å². The largest absolute Gasteiger partial charge is 0.481 e. The number of aryl methyl sites for hydroxylation is 1. The normalized spacial score (nSPS) is 22.4. The summed E-state index contributed by atoms with van der Waals surface area (Å²) in [6.07, 6.45) is 3.83. The first-order valence-corrected chi connectivity index (χ1v) is 7.71. The molecular formula is C13H19N3O3S. The van der Waals surface area contributed by atoms with Crippen LogP contribution in [0.3, 0.4) is 0 Å². The molecule has 0 unspecified atom stereocenters. The molecule has 1 saturated carbocycles. The first kappa shape index (κ1) is 14.9. The predicted octanol–water partition coefficient (Wildman–Crippen LogP) is 1.72. The van der Waals surface area contributed by atoms with Crippen LogP contribution in [0.4, 0.5) is 0 Å². The summed E-state index contributed by atoms with van der Waals surface area (Å²) in [6, 6.07) is 0. The van der Waals surface area contributed by atoms with Gasteiger partial charge in [-0.05, 0) is 49.6 Å². The van der Waals surface area contributed by atoms with Crippen LogP contribution in [0.25, 0.3) is 0 Å². The molecule has 110 valence electrons. The number of aromatic nitrogens is 2. The minimum Gasteiger partial charge on any atom is -0.481 e. The Morgan fingerprint density at radius 1 is 1.35 bits per heavy atom. The standard InChI is InChI=1S/C13H19N3O3S/c1-2-10-11(20-16-15-10)12(17)14-7-8-3-5-9(6-4-8)13(18)19/h8-9H,2-7H2,1H3,(H,14,17)(H,18,19). The van der Waals surface area contributed by atoms with Gasteiger partial charge >= 0.3 is 5.97 Å². The van der Waals surface area contributed by atoms with Crippen LogP contribution in [0.15, 0.2) is 0 Å². The molecule has 1 aromatic heterocycles. The van der Waals surface area contributed by atoms with E-state index < -0.39 is 5.97 Å². The number of nitrogens with one attached hydrogen (secondary N) is 1. The highest BCUT2D eigenvalue weighted by molar-refractivity contribution is 7.08. The second kappa shape index (κ2) is 6.78. The lowest BCUT2D eigenvalue weighted by Crippen LogP contribution is -2.32. The Morgan fingerprint density at radius 2 is 2.05 bits per heavy atom. The van der Waals surface area contributed by atoms with Crippen LogP contribution in [0.1, 0.15) is 48.0 Å². The van der Waals surface area contributed by atoms with Crippen molar-refractivity contribution in [3.8, 4) is 0 Å². The Morgan fingerprint density at radius 3 is 2.65 bits per heavy atom. The van der Waals surface area contributed by atoms with E-state index in [0.717, 1.165) is 30.1 Å². The number of carbonyl (C=O) groups is 2. The van der Waals surface area contributed by atoms with Crippen molar-refractivity contribution < 1.29 is 14.7 Å². The molecule has 2 rings (SSSR count). The molecule has 2 N–H and O–H groups in total. The van der Waals surface area contributed by atoms with E-state index in [2.05, 4.69) is 14.9 Å². The van der Waals surface area contributed by atoms with Crippen molar-refractivity contribution in [2.24, 2.45) is 11.8 Å². The van der Waals surface area contributed by atoms with Crippen LogP contribution in [0, 0.1) is 11.8 Å². The van der Waals surface area contributed by atoms with Crippen molar-refractivity contribution in [2.75, 3.05) is 6.54 Å². The number of aliphatic carboxylic acids is 1. The number of carboxylic acid groups (broad SMARTS) is 1. The molecule has 1 aliphatic carbocycles. The molecule has 6 nitrogen and oxygen atoms in total. The molecule has 0 aromatic carbocycles. The molecule has 0 radical (unpaired) electrons. The van der Waals surface area contributed by atoms with E-state index in [1.807, 2.05) is 6.92 Å². The number of carbonyl (C=O) groups excluding carboxylic acids is 1. The van der Waals surface area contributed by atoms with Crippen molar-refractivity contribution in [3.63, 3.8) is 0 Å².